The fourth-order valence-corrected chi connectivity index (χ4v) is 4.19. The first kappa shape index (κ1) is 22.6. The summed E-state index contributed by atoms with van der Waals surface area (Å²) in [5.74, 6) is 0. The van der Waals surface area contributed by atoms with Crippen LogP contribution in [0.5, 0.6) is 0 Å². The van der Waals surface area contributed by atoms with E-state index in [4.69, 9.17) is 0 Å². The van der Waals surface area contributed by atoms with Gasteiger partial charge in [0.1, 0.15) is 5.69 Å². The third-order valence-electron chi connectivity index (χ3n) is 6.08. The zero-order valence-corrected chi connectivity index (χ0v) is 18.3. The summed E-state index contributed by atoms with van der Waals surface area (Å²) in [6.07, 6.45) is 0.852. The highest BCUT2D eigenvalue weighted by atomic mass is 19.4. The van der Waals surface area contributed by atoms with E-state index >= 15 is 0 Å². The van der Waals surface area contributed by atoms with Crippen molar-refractivity contribution in [3.05, 3.63) is 46.6 Å². The molecule has 2 atom stereocenters. The van der Waals surface area contributed by atoms with Gasteiger partial charge in [-0.15, -0.1) is 0 Å². The van der Waals surface area contributed by atoms with Crippen LogP contribution < -0.4 is 15.8 Å². The van der Waals surface area contributed by atoms with Gasteiger partial charge in [-0.25, -0.2) is 9.78 Å². The van der Waals surface area contributed by atoms with Crippen molar-refractivity contribution in [3.8, 4) is 0 Å². The van der Waals surface area contributed by atoms with Crippen molar-refractivity contribution in [3.63, 3.8) is 0 Å². The van der Waals surface area contributed by atoms with Gasteiger partial charge >= 0.3 is 12.2 Å². The monoisotopic (exact) mass is 463 g/mol. The average molecular weight is 463 g/mol. The van der Waals surface area contributed by atoms with Crippen molar-refractivity contribution in [1.29, 1.82) is 0 Å². The first-order valence-electron chi connectivity index (χ1n) is 10.4. The van der Waals surface area contributed by atoms with Crippen LogP contribution in [0, 0.1) is 0 Å². The molecule has 4 rings (SSSR count). The van der Waals surface area contributed by atoms with Gasteiger partial charge in [0.2, 0.25) is 0 Å². The van der Waals surface area contributed by atoms with Crippen LogP contribution in [0.25, 0.3) is 11.0 Å². The summed E-state index contributed by atoms with van der Waals surface area (Å²) in [6.45, 7) is 2.71. The molecule has 1 fully saturated rings. The molecule has 0 bridgehead atoms. The van der Waals surface area contributed by atoms with E-state index in [0.717, 1.165) is 15.6 Å². The molecule has 1 saturated heterocycles. The van der Waals surface area contributed by atoms with Gasteiger partial charge in [0.25, 0.3) is 5.56 Å². The lowest BCUT2D eigenvalue weighted by molar-refractivity contribution is -0.138. The SMILES string of the molecule is C[C@H]1C[C@@H](N(C)C(=O)Nc2cc(C(F)(F)F)cn(C)c2=O)CCN1c1cnc2[nH]ncc2c1. The van der Waals surface area contributed by atoms with Gasteiger partial charge in [-0.1, -0.05) is 0 Å². The summed E-state index contributed by atoms with van der Waals surface area (Å²) in [6, 6.07) is 1.99. The fraction of sp³-hybridized carbons (Fsp3) is 0.429. The molecule has 0 aliphatic carbocycles. The van der Waals surface area contributed by atoms with Gasteiger partial charge in [-0.3, -0.25) is 9.89 Å². The van der Waals surface area contributed by atoms with Gasteiger partial charge in [-0.2, -0.15) is 18.3 Å². The second-order valence-corrected chi connectivity index (χ2v) is 8.32. The number of fused-ring (bicyclic) bond motifs is 1. The molecule has 0 spiro atoms. The van der Waals surface area contributed by atoms with Crippen molar-refractivity contribution in [1.82, 2.24) is 24.6 Å². The van der Waals surface area contributed by atoms with E-state index in [1.807, 2.05) is 13.0 Å². The summed E-state index contributed by atoms with van der Waals surface area (Å²) >= 11 is 0. The average Bonchev–Trinajstić information content (AvgIpc) is 3.23. The number of amides is 2. The quantitative estimate of drug-likeness (QED) is 0.622. The van der Waals surface area contributed by atoms with E-state index in [-0.39, 0.29) is 12.1 Å². The van der Waals surface area contributed by atoms with Crippen molar-refractivity contribution in [2.45, 2.75) is 38.0 Å². The number of halogens is 3. The Labute approximate surface area is 187 Å². The Bertz CT molecular complexity index is 1240. The lowest BCUT2D eigenvalue weighted by Gasteiger charge is -2.42. The molecular weight excluding hydrogens is 439 g/mol. The number of urea groups is 1. The fourth-order valence-electron chi connectivity index (χ4n) is 4.19. The number of aromatic nitrogens is 4. The summed E-state index contributed by atoms with van der Waals surface area (Å²) in [4.78, 5) is 33.0. The molecule has 3 aromatic rings. The number of hydrogen-bond acceptors (Lipinski definition) is 5. The minimum atomic E-state index is -4.63. The third kappa shape index (κ3) is 4.50. The number of aryl methyl sites for hydroxylation is 1. The first-order valence-corrected chi connectivity index (χ1v) is 10.4. The molecule has 176 valence electrons. The van der Waals surface area contributed by atoms with Crippen LogP contribution >= 0.6 is 0 Å². The van der Waals surface area contributed by atoms with E-state index in [9.17, 15) is 22.8 Å². The highest BCUT2D eigenvalue weighted by molar-refractivity contribution is 5.89. The predicted molar refractivity (Wildman–Crippen MR) is 117 cm³/mol. The molecule has 0 saturated carbocycles. The molecule has 2 N–H and O–H groups in total. The second kappa shape index (κ2) is 8.41. The van der Waals surface area contributed by atoms with Gasteiger partial charge in [0.15, 0.2) is 5.65 Å². The van der Waals surface area contributed by atoms with E-state index in [0.29, 0.717) is 37.3 Å². The number of H-pyrrole nitrogens is 1. The van der Waals surface area contributed by atoms with Crippen LogP contribution in [0.1, 0.15) is 25.3 Å². The number of nitrogens with zero attached hydrogens (tertiary/aromatic N) is 5. The molecule has 0 aromatic carbocycles. The molecular formula is C21H24F3N7O2. The number of aromatic amines is 1. The second-order valence-electron chi connectivity index (χ2n) is 8.32. The topological polar surface area (TPSA) is 99.1 Å². The van der Waals surface area contributed by atoms with Crippen molar-refractivity contribution in [2.75, 3.05) is 23.8 Å². The Hall–Kier alpha value is -3.57. The Morgan fingerprint density at radius 2 is 2.06 bits per heavy atom. The normalized spacial score (nSPS) is 19.0. The largest absolute Gasteiger partial charge is 0.417 e. The third-order valence-corrected chi connectivity index (χ3v) is 6.08. The van der Waals surface area contributed by atoms with Crippen LogP contribution in [0.4, 0.5) is 29.3 Å². The first-order chi connectivity index (χ1) is 15.5. The number of nitrogens with one attached hydrogen (secondary N) is 2. The van der Waals surface area contributed by atoms with Gasteiger partial charge < -0.3 is 19.7 Å². The van der Waals surface area contributed by atoms with Crippen LogP contribution in [-0.2, 0) is 13.2 Å². The number of carbonyl (C=O) groups is 1. The highest BCUT2D eigenvalue weighted by Gasteiger charge is 2.33. The summed E-state index contributed by atoms with van der Waals surface area (Å²) < 4.78 is 40.1. The molecule has 9 nitrogen and oxygen atoms in total. The molecule has 12 heteroatoms. The Morgan fingerprint density at radius 1 is 1.30 bits per heavy atom. The van der Waals surface area contributed by atoms with Crippen LogP contribution in [0.2, 0.25) is 0 Å². The standard InChI is InChI=1S/C21H24F3N7O2/c1-12-6-15(4-5-31(12)16-7-13-9-26-28-18(13)25-10-16)30(3)20(33)27-17-8-14(21(22,23)24)11-29(2)19(17)32/h7-12,15H,4-6H2,1-3H3,(H,27,33)(H,25,26,28)/t12-,15-/m0/s1. The van der Waals surface area contributed by atoms with Crippen molar-refractivity contribution < 1.29 is 18.0 Å². The molecule has 2 amide bonds. The van der Waals surface area contributed by atoms with E-state index in [1.165, 1.54) is 11.9 Å². The van der Waals surface area contributed by atoms with E-state index < -0.39 is 29.0 Å². The van der Waals surface area contributed by atoms with Gasteiger partial charge in [0.05, 0.1) is 23.6 Å². The summed E-state index contributed by atoms with van der Waals surface area (Å²) in [7, 11) is 2.80. The van der Waals surface area contributed by atoms with Crippen LogP contribution in [-0.4, -0.2) is 56.4 Å². The smallest absolute Gasteiger partial charge is 0.367 e. The molecule has 3 aromatic heterocycles. The highest BCUT2D eigenvalue weighted by Crippen LogP contribution is 2.30. The van der Waals surface area contributed by atoms with Crippen LogP contribution in [0.3, 0.4) is 0 Å². The van der Waals surface area contributed by atoms with Crippen molar-refractivity contribution in [2.24, 2.45) is 7.05 Å². The minimum Gasteiger partial charge on any atom is -0.367 e. The molecule has 0 unspecified atom stereocenters. The lowest BCUT2D eigenvalue weighted by atomic mass is 9.96. The predicted octanol–water partition coefficient (Wildman–Crippen LogP) is 3.20. The Balaban J connectivity index is 1.45. The number of alkyl halides is 3. The van der Waals surface area contributed by atoms with Gasteiger partial charge in [0, 0.05) is 44.3 Å². The maximum atomic E-state index is 13.1. The number of anilines is 2. The number of pyridine rings is 2. The summed E-state index contributed by atoms with van der Waals surface area (Å²) in [5.41, 5.74) is -0.468. The number of rotatable bonds is 3. The number of carbonyl (C=O) groups excluding carboxylic acids is 1. The number of hydrogen-bond donors (Lipinski definition) is 2. The van der Waals surface area contributed by atoms with Gasteiger partial charge in [-0.05, 0) is 31.9 Å². The van der Waals surface area contributed by atoms with E-state index in [1.54, 1.807) is 19.4 Å². The zero-order valence-electron chi connectivity index (χ0n) is 18.3. The molecule has 1 aliphatic rings. The summed E-state index contributed by atoms with van der Waals surface area (Å²) in [5, 5.41) is 10.1. The van der Waals surface area contributed by atoms with Crippen LogP contribution in [0.15, 0.2) is 35.5 Å². The van der Waals surface area contributed by atoms with Crippen molar-refractivity contribution >= 4 is 28.4 Å². The maximum Gasteiger partial charge on any atom is 0.417 e. The molecule has 33 heavy (non-hydrogen) atoms. The number of piperidine rings is 1. The molecule has 4 heterocycles. The molecule has 0 radical (unpaired) electrons. The van der Waals surface area contributed by atoms with E-state index in [2.05, 4.69) is 25.4 Å². The Kier molecular flexibility index (Phi) is 5.76. The molecule has 1 aliphatic heterocycles. The lowest BCUT2D eigenvalue weighted by Crippen LogP contribution is -2.50. The minimum absolute atomic E-state index is 0.0894. The Morgan fingerprint density at radius 3 is 2.76 bits per heavy atom. The zero-order chi connectivity index (χ0) is 23.9. The maximum absolute atomic E-state index is 13.1.